The van der Waals surface area contributed by atoms with Gasteiger partial charge in [-0.15, -0.1) is 0 Å². The topological polar surface area (TPSA) is 33.7 Å². The van der Waals surface area contributed by atoms with E-state index in [1.165, 1.54) is 38.8 Å². The van der Waals surface area contributed by atoms with Crippen LogP contribution in [-0.4, -0.2) is 63.0 Å². The third kappa shape index (κ3) is 3.98. The van der Waals surface area contributed by atoms with Crippen LogP contribution >= 0.6 is 0 Å². The van der Waals surface area contributed by atoms with E-state index in [4.69, 9.17) is 9.47 Å². The van der Waals surface area contributed by atoms with Crippen molar-refractivity contribution >= 4 is 0 Å². The van der Waals surface area contributed by atoms with Crippen molar-refractivity contribution in [2.45, 2.75) is 57.1 Å². The number of piperidine rings is 1. The maximum Gasteiger partial charge on any atom is 0.0741 e. The van der Waals surface area contributed by atoms with E-state index in [1.807, 2.05) is 0 Å². The number of rotatable bonds is 3. The van der Waals surface area contributed by atoms with Crippen molar-refractivity contribution in [2.24, 2.45) is 5.41 Å². The monoisotopic (exact) mass is 296 g/mol. The second-order valence-electron chi connectivity index (χ2n) is 7.83. The molecule has 4 heteroatoms. The smallest absolute Gasteiger partial charge is 0.0741 e. The normalized spacial score (nSPS) is 33.1. The second kappa shape index (κ2) is 6.53. The Morgan fingerprint density at radius 1 is 1.10 bits per heavy atom. The Bertz CT molecular complexity index is 328. The molecule has 0 aromatic rings. The fourth-order valence-electron chi connectivity index (χ4n) is 4.02. The molecule has 21 heavy (non-hydrogen) atoms. The van der Waals surface area contributed by atoms with Crippen molar-refractivity contribution in [3.8, 4) is 0 Å². The van der Waals surface area contributed by atoms with Crippen LogP contribution in [0.4, 0.5) is 0 Å². The summed E-state index contributed by atoms with van der Waals surface area (Å²) < 4.78 is 11.6. The third-order valence-electron chi connectivity index (χ3n) is 5.91. The number of nitrogens with zero attached hydrogens (tertiary/aromatic N) is 1. The maximum atomic E-state index is 6.14. The molecule has 0 bridgehead atoms. The first-order valence-electron chi connectivity index (χ1n) is 8.73. The summed E-state index contributed by atoms with van der Waals surface area (Å²) in [6.07, 6.45) is 7.13. The molecule has 1 N–H and O–H groups in total. The number of nitrogens with one attached hydrogen (secondary N) is 1. The molecular formula is C17H32N2O2. The molecule has 3 rings (SSSR count). The van der Waals surface area contributed by atoms with E-state index < -0.39 is 0 Å². The zero-order chi connectivity index (χ0) is 14.8. The zero-order valence-corrected chi connectivity index (χ0v) is 13.8. The third-order valence-corrected chi connectivity index (χ3v) is 5.91. The Morgan fingerprint density at radius 2 is 1.81 bits per heavy atom. The minimum absolute atomic E-state index is 0.113. The molecule has 3 fully saturated rings. The summed E-state index contributed by atoms with van der Waals surface area (Å²) in [4.78, 5) is 2.45. The van der Waals surface area contributed by atoms with Gasteiger partial charge in [-0.2, -0.15) is 0 Å². The van der Waals surface area contributed by atoms with Gasteiger partial charge < -0.3 is 19.7 Å². The first-order valence-corrected chi connectivity index (χ1v) is 8.73. The maximum absolute atomic E-state index is 6.14. The van der Waals surface area contributed by atoms with Crippen molar-refractivity contribution in [2.75, 3.05) is 46.5 Å². The van der Waals surface area contributed by atoms with E-state index in [-0.39, 0.29) is 5.60 Å². The van der Waals surface area contributed by atoms with Crippen LogP contribution in [0, 0.1) is 5.41 Å². The lowest BCUT2D eigenvalue weighted by Gasteiger charge is -2.45. The summed E-state index contributed by atoms with van der Waals surface area (Å²) >= 11 is 0. The van der Waals surface area contributed by atoms with Gasteiger partial charge in [0.25, 0.3) is 0 Å². The lowest BCUT2D eigenvalue weighted by Crippen LogP contribution is -2.52. The van der Waals surface area contributed by atoms with Gasteiger partial charge in [0.05, 0.1) is 5.60 Å². The number of likely N-dealkylation sites (tertiary alicyclic amines) is 1. The molecule has 0 aromatic heterocycles. The van der Waals surface area contributed by atoms with Crippen LogP contribution in [0.25, 0.3) is 0 Å². The van der Waals surface area contributed by atoms with Crippen LogP contribution < -0.4 is 5.32 Å². The molecule has 3 aliphatic rings. The lowest BCUT2D eigenvalue weighted by atomic mass is 9.79. The number of hydrogen-bond donors (Lipinski definition) is 1. The highest BCUT2D eigenvalue weighted by Gasteiger charge is 2.39. The van der Waals surface area contributed by atoms with E-state index >= 15 is 0 Å². The highest BCUT2D eigenvalue weighted by molar-refractivity contribution is 4.93. The Morgan fingerprint density at radius 3 is 2.52 bits per heavy atom. The van der Waals surface area contributed by atoms with Crippen molar-refractivity contribution in [3.05, 3.63) is 0 Å². The molecule has 3 aliphatic heterocycles. The second-order valence-corrected chi connectivity index (χ2v) is 7.83. The highest BCUT2D eigenvalue weighted by Crippen LogP contribution is 2.35. The summed E-state index contributed by atoms with van der Waals surface area (Å²) in [6, 6.07) is 0.633. The number of hydrogen-bond acceptors (Lipinski definition) is 4. The average Bonchev–Trinajstić information content (AvgIpc) is 2.50. The molecule has 122 valence electrons. The van der Waals surface area contributed by atoms with Crippen molar-refractivity contribution in [1.82, 2.24) is 10.2 Å². The van der Waals surface area contributed by atoms with Crippen LogP contribution in [0.1, 0.15) is 45.4 Å². The fourth-order valence-corrected chi connectivity index (χ4v) is 4.02. The van der Waals surface area contributed by atoms with E-state index in [0.717, 1.165) is 39.2 Å². The first kappa shape index (κ1) is 15.7. The minimum atomic E-state index is 0.113. The quantitative estimate of drug-likeness (QED) is 0.864. The highest BCUT2D eigenvalue weighted by atomic mass is 16.5. The van der Waals surface area contributed by atoms with Gasteiger partial charge in [0.15, 0.2) is 0 Å². The van der Waals surface area contributed by atoms with Crippen LogP contribution in [0.2, 0.25) is 0 Å². The average molecular weight is 296 g/mol. The largest absolute Gasteiger partial charge is 0.381 e. The molecular weight excluding hydrogens is 264 g/mol. The summed E-state index contributed by atoms with van der Waals surface area (Å²) in [7, 11) is 2.24. The molecule has 1 unspecified atom stereocenters. The Hall–Kier alpha value is -0.160. The van der Waals surface area contributed by atoms with Crippen molar-refractivity contribution in [3.63, 3.8) is 0 Å². The molecule has 0 radical (unpaired) electrons. The standard InChI is InChI=1S/C17H32N2O2/c1-16(4-8-19(2)9-5-16)14-18-15-3-10-21-17(13-15)6-11-20-12-7-17/h15,18H,3-14H2,1-2H3. The van der Waals surface area contributed by atoms with Crippen LogP contribution in [0.15, 0.2) is 0 Å². The molecule has 0 amide bonds. The molecule has 0 saturated carbocycles. The molecule has 3 saturated heterocycles. The van der Waals surface area contributed by atoms with Crippen LogP contribution in [0.5, 0.6) is 0 Å². The van der Waals surface area contributed by atoms with Crippen molar-refractivity contribution < 1.29 is 9.47 Å². The Kier molecular flexibility index (Phi) is 4.89. The Balaban J connectivity index is 1.48. The zero-order valence-electron chi connectivity index (χ0n) is 13.8. The Labute approximate surface area is 129 Å². The van der Waals surface area contributed by atoms with E-state index in [2.05, 4.69) is 24.2 Å². The minimum Gasteiger partial charge on any atom is -0.381 e. The summed E-state index contributed by atoms with van der Waals surface area (Å²) in [6.45, 7) is 8.76. The van der Waals surface area contributed by atoms with Gasteiger partial charge in [0, 0.05) is 32.4 Å². The van der Waals surface area contributed by atoms with E-state index in [0.29, 0.717) is 11.5 Å². The number of ether oxygens (including phenoxy) is 2. The predicted octanol–water partition coefficient (Wildman–Crippen LogP) is 2.04. The van der Waals surface area contributed by atoms with Gasteiger partial charge in [-0.3, -0.25) is 0 Å². The van der Waals surface area contributed by atoms with Gasteiger partial charge in [-0.1, -0.05) is 6.92 Å². The summed E-state index contributed by atoms with van der Waals surface area (Å²) in [5, 5.41) is 3.88. The molecule has 4 nitrogen and oxygen atoms in total. The predicted molar refractivity (Wildman–Crippen MR) is 84.6 cm³/mol. The molecule has 1 spiro atoms. The van der Waals surface area contributed by atoms with E-state index in [9.17, 15) is 0 Å². The first-order chi connectivity index (χ1) is 10.1. The lowest BCUT2D eigenvalue weighted by molar-refractivity contribution is -0.140. The van der Waals surface area contributed by atoms with Gasteiger partial charge in [0.2, 0.25) is 0 Å². The van der Waals surface area contributed by atoms with Gasteiger partial charge >= 0.3 is 0 Å². The SMILES string of the molecule is CN1CCC(C)(CNC2CCOC3(CCOCC3)C2)CC1. The summed E-state index contributed by atoms with van der Waals surface area (Å²) in [5.74, 6) is 0. The summed E-state index contributed by atoms with van der Waals surface area (Å²) in [5.41, 5.74) is 0.593. The van der Waals surface area contributed by atoms with Crippen molar-refractivity contribution in [1.29, 1.82) is 0 Å². The van der Waals surface area contributed by atoms with Gasteiger partial charge in [0.1, 0.15) is 0 Å². The molecule has 0 aliphatic carbocycles. The molecule has 3 heterocycles. The van der Waals surface area contributed by atoms with Gasteiger partial charge in [-0.05, 0) is 64.1 Å². The van der Waals surface area contributed by atoms with Gasteiger partial charge in [-0.25, -0.2) is 0 Å². The van der Waals surface area contributed by atoms with Crippen LogP contribution in [0.3, 0.4) is 0 Å². The fraction of sp³-hybridized carbons (Fsp3) is 1.00. The van der Waals surface area contributed by atoms with Crippen LogP contribution in [-0.2, 0) is 9.47 Å². The molecule has 1 atom stereocenters. The van der Waals surface area contributed by atoms with E-state index in [1.54, 1.807) is 0 Å². The molecule has 0 aromatic carbocycles.